The highest BCUT2D eigenvalue weighted by molar-refractivity contribution is 7.92. The number of benzene rings is 1. The van der Waals surface area contributed by atoms with Crippen molar-refractivity contribution in [3.05, 3.63) is 60.3 Å². The maximum absolute atomic E-state index is 15.3. The number of hydrogen-bond acceptors (Lipinski definition) is 10. The number of carbonyl (C=O) groups is 1. The summed E-state index contributed by atoms with van der Waals surface area (Å²) >= 11 is 0. The van der Waals surface area contributed by atoms with Gasteiger partial charge in [0.05, 0.1) is 44.1 Å². The summed E-state index contributed by atoms with van der Waals surface area (Å²) in [4.78, 5) is 23.5. The molecule has 1 aromatic carbocycles. The molecule has 0 amide bonds. The number of aromatic nitrogens is 2. The molecule has 238 valence electrons. The molecule has 2 fully saturated rings. The highest BCUT2D eigenvalue weighted by Gasteiger charge is 2.24. The lowest BCUT2D eigenvalue weighted by atomic mass is 10.0. The van der Waals surface area contributed by atoms with Gasteiger partial charge >= 0.3 is 0 Å². The van der Waals surface area contributed by atoms with Gasteiger partial charge in [-0.05, 0) is 37.6 Å². The summed E-state index contributed by atoms with van der Waals surface area (Å²) in [5, 5.41) is 6.89. The Morgan fingerprint density at radius 2 is 1.77 bits per heavy atom. The minimum Gasteiger partial charge on any atom is -0.483 e. The van der Waals surface area contributed by atoms with Crippen molar-refractivity contribution in [1.82, 2.24) is 19.8 Å². The fraction of sp³-hybridized carbons (Fsp3) is 0.433. The minimum atomic E-state index is -4.10. The first-order valence-electron chi connectivity index (χ1n) is 14.3. The monoisotopic (exact) mass is 630 g/mol. The predicted molar refractivity (Wildman–Crippen MR) is 165 cm³/mol. The topological polar surface area (TPSA) is 137 Å². The van der Waals surface area contributed by atoms with Gasteiger partial charge in [0.25, 0.3) is 16.5 Å². The predicted octanol–water partition coefficient (Wildman–Crippen LogP) is 3.16. The van der Waals surface area contributed by atoms with E-state index in [4.69, 9.17) is 19.4 Å². The molecule has 0 bridgehead atoms. The second kappa shape index (κ2) is 15.2. The molecule has 0 unspecified atom stereocenters. The van der Waals surface area contributed by atoms with Crippen LogP contribution in [0.3, 0.4) is 0 Å². The van der Waals surface area contributed by atoms with Gasteiger partial charge < -0.3 is 19.5 Å². The third-order valence-electron chi connectivity index (χ3n) is 7.54. The summed E-state index contributed by atoms with van der Waals surface area (Å²) < 4.78 is 55.4. The normalized spacial score (nSPS) is 16.2. The highest BCUT2D eigenvalue weighted by atomic mass is 32.2. The van der Waals surface area contributed by atoms with Crippen LogP contribution in [-0.2, 0) is 26.1 Å². The van der Waals surface area contributed by atoms with Crippen LogP contribution in [0.4, 0.5) is 15.8 Å². The Balaban J connectivity index is 0.00000141. The van der Waals surface area contributed by atoms with Crippen molar-refractivity contribution in [2.45, 2.75) is 31.3 Å². The van der Waals surface area contributed by atoms with Crippen molar-refractivity contribution in [1.29, 1.82) is 0 Å². The van der Waals surface area contributed by atoms with E-state index < -0.39 is 10.0 Å². The molecular weight excluding hydrogens is 591 g/mol. The first kappa shape index (κ1) is 33.1. The van der Waals surface area contributed by atoms with E-state index >= 15 is 4.39 Å². The summed E-state index contributed by atoms with van der Waals surface area (Å²) in [5.74, 6) is -0.403. The zero-order valence-electron chi connectivity index (χ0n) is 25.1. The fourth-order valence-corrected chi connectivity index (χ4v) is 6.38. The van der Waals surface area contributed by atoms with Crippen molar-refractivity contribution < 1.29 is 32.2 Å². The van der Waals surface area contributed by atoms with Crippen LogP contribution >= 0.6 is 0 Å². The Morgan fingerprint density at radius 1 is 1.07 bits per heavy atom. The molecular formula is C30H39FN6O6S. The number of piperazine rings is 1. The molecule has 0 spiro atoms. The number of nitrogens with one attached hydrogen (secondary N) is 1. The Bertz CT molecular complexity index is 1510. The molecule has 44 heavy (non-hydrogen) atoms. The van der Waals surface area contributed by atoms with Crippen LogP contribution in [0.1, 0.15) is 19.4 Å². The third kappa shape index (κ3) is 8.40. The van der Waals surface area contributed by atoms with Gasteiger partial charge in [-0.2, -0.15) is 0 Å². The number of morpholine rings is 1. The SMILES string of the molecule is COc1ncc(N2CCOCC2)cc1S(=O)(=O)Nc1cncc(-c2ccc(CN3CCN(C(C)C)CC3)cc2F)c1.O=CO. The largest absolute Gasteiger partial charge is 0.483 e. The van der Waals surface area contributed by atoms with Crippen LogP contribution in [0.5, 0.6) is 5.88 Å². The Labute approximate surface area is 257 Å². The van der Waals surface area contributed by atoms with Crippen LogP contribution < -0.4 is 14.4 Å². The number of hydrogen-bond donors (Lipinski definition) is 2. The van der Waals surface area contributed by atoms with E-state index in [0.29, 0.717) is 55.7 Å². The van der Waals surface area contributed by atoms with Crippen molar-refractivity contribution in [3.8, 4) is 17.0 Å². The van der Waals surface area contributed by atoms with E-state index in [2.05, 4.69) is 38.3 Å². The molecule has 14 heteroatoms. The van der Waals surface area contributed by atoms with Crippen LogP contribution in [0.2, 0.25) is 0 Å². The Hall–Kier alpha value is -3.85. The van der Waals surface area contributed by atoms with Crippen molar-refractivity contribution in [3.63, 3.8) is 0 Å². The zero-order chi connectivity index (χ0) is 31.7. The van der Waals surface area contributed by atoms with E-state index in [1.807, 2.05) is 11.0 Å². The Kier molecular flexibility index (Phi) is 11.4. The van der Waals surface area contributed by atoms with Crippen LogP contribution in [-0.4, -0.2) is 105 Å². The molecule has 4 heterocycles. The fourth-order valence-electron chi connectivity index (χ4n) is 5.20. The van der Waals surface area contributed by atoms with Crippen molar-refractivity contribution >= 4 is 27.9 Å². The number of carboxylic acid groups (broad SMARTS) is 1. The summed E-state index contributed by atoms with van der Waals surface area (Å²) in [5.41, 5.74) is 2.57. The van der Waals surface area contributed by atoms with Gasteiger partial charge in [0.2, 0.25) is 5.88 Å². The van der Waals surface area contributed by atoms with E-state index in [0.717, 1.165) is 31.7 Å². The summed E-state index contributed by atoms with van der Waals surface area (Å²) in [6.07, 6.45) is 4.49. The van der Waals surface area contributed by atoms with E-state index in [1.54, 1.807) is 24.4 Å². The highest BCUT2D eigenvalue weighted by Crippen LogP contribution is 2.30. The summed E-state index contributed by atoms with van der Waals surface area (Å²) in [6, 6.07) is 8.83. The van der Waals surface area contributed by atoms with Gasteiger partial charge in [-0.25, -0.2) is 17.8 Å². The molecule has 0 radical (unpaired) electrons. The maximum atomic E-state index is 15.3. The molecule has 2 saturated heterocycles. The number of rotatable bonds is 9. The molecule has 0 atom stereocenters. The van der Waals surface area contributed by atoms with Gasteiger partial charge in [0.15, 0.2) is 4.90 Å². The van der Waals surface area contributed by atoms with Crippen LogP contribution in [0.25, 0.3) is 11.1 Å². The molecule has 2 aromatic heterocycles. The average molecular weight is 631 g/mol. The van der Waals surface area contributed by atoms with Crippen LogP contribution in [0.15, 0.2) is 53.8 Å². The zero-order valence-corrected chi connectivity index (χ0v) is 26.0. The lowest BCUT2D eigenvalue weighted by molar-refractivity contribution is -0.122. The number of nitrogens with zero attached hydrogens (tertiary/aromatic N) is 5. The second-order valence-electron chi connectivity index (χ2n) is 10.7. The number of methoxy groups -OCH3 is 1. The standard InChI is InChI=1S/C29H37FN6O4S.CH2O2/c1-21(2)35-8-6-34(7-9-35)20-22-4-5-26(27(30)14-22)23-15-24(18-31-17-23)33-41(37,38)28-16-25(19-32-29(28)39-3)36-10-12-40-13-11-36;2-1-3/h4-5,14-19,21,33H,6-13,20H2,1-3H3;1H,(H,2,3). The minimum absolute atomic E-state index is 0.0223. The molecule has 3 aromatic rings. The molecule has 2 aliphatic rings. The second-order valence-corrected chi connectivity index (χ2v) is 12.3. The van der Waals surface area contributed by atoms with E-state index in [9.17, 15) is 8.42 Å². The lowest BCUT2D eigenvalue weighted by Crippen LogP contribution is -2.48. The third-order valence-corrected chi connectivity index (χ3v) is 8.92. The molecule has 0 aliphatic carbocycles. The summed E-state index contributed by atoms with van der Waals surface area (Å²) in [7, 11) is -2.73. The Morgan fingerprint density at radius 3 is 2.41 bits per heavy atom. The molecule has 12 nitrogen and oxygen atoms in total. The number of pyridine rings is 2. The van der Waals surface area contributed by atoms with Crippen molar-refractivity contribution in [2.75, 3.05) is 69.2 Å². The van der Waals surface area contributed by atoms with Gasteiger partial charge in [0, 0.05) is 69.2 Å². The number of sulfonamides is 1. The van der Waals surface area contributed by atoms with Crippen LogP contribution in [0, 0.1) is 5.82 Å². The first-order chi connectivity index (χ1) is 21.1. The maximum Gasteiger partial charge on any atom is 0.290 e. The molecule has 2 N–H and O–H groups in total. The number of halogens is 1. The van der Waals surface area contributed by atoms with Crippen molar-refractivity contribution in [2.24, 2.45) is 0 Å². The van der Waals surface area contributed by atoms with E-state index in [-0.39, 0.29) is 28.8 Å². The van der Waals surface area contributed by atoms with Gasteiger partial charge in [-0.3, -0.25) is 24.3 Å². The van der Waals surface area contributed by atoms with Gasteiger partial charge in [-0.15, -0.1) is 0 Å². The van der Waals surface area contributed by atoms with Gasteiger partial charge in [-0.1, -0.05) is 12.1 Å². The number of anilines is 2. The lowest BCUT2D eigenvalue weighted by Gasteiger charge is -2.36. The first-order valence-corrected chi connectivity index (χ1v) is 15.8. The molecule has 2 aliphatic heterocycles. The molecule has 0 saturated carbocycles. The average Bonchev–Trinajstić information content (AvgIpc) is 3.02. The smallest absolute Gasteiger partial charge is 0.290 e. The quantitative estimate of drug-likeness (QED) is 0.337. The van der Waals surface area contributed by atoms with Gasteiger partial charge in [0.1, 0.15) is 5.82 Å². The summed E-state index contributed by atoms with van der Waals surface area (Å²) in [6.45, 7) is 11.1. The number of ether oxygens (including phenoxy) is 2. The van der Waals surface area contributed by atoms with E-state index in [1.165, 1.54) is 25.6 Å². The molecule has 5 rings (SSSR count).